The van der Waals surface area contributed by atoms with Gasteiger partial charge in [-0.15, -0.1) is 0 Å². The van der Waals surface area contributed by atoms with E-state index in [1.807, 2.05) is 6.07 Å². The number of pyridine rings is 1. The Morgan fingerprint density at radius 1 is 0.889 bits per heavy atom. The number of fused-ring (bicyclic) bond motifs is 2. The maximum atomic E-state index is 6.11. The zero-order valence-electron chi connectivity index (χ0n) is 16.9. The maximum Gasteiger partial charge on any atom is 0.243 e. The van der Waals surface area contributed by atoms with Crippen LogP contribution in [0.25, 0.3) is 0 Å². The summed E-state index contributed by atoms with van der Waals surface area (Å²) in [6.07, 6.45) is 1.78. The first-order valence-corrected chi connectivity index (χ1v) is 9.41. The fraction of sp³-hybridized carbons (Fsp3) is 0.292. The van der Waals surface area contributed by atoms with Crippen LogP contribution in [0.15, 0.2) is 48.7 Å². The van der Waals surface area contributed by atoms with Crippen molar-refractivity contribution in [3.8, 4) is 11.6 Å². The number of aromatic nitrogens is 1. The molecule has 0 saturated carbocycles. The summed E-state index contributed by atoms with van der Waals surface area (Å²) in [6, 6.07) is 15.0. The van der Waals surface area contributed by atoms with Crippen LogP contribution in [-0.2, 0) is 5.41 Å². The summed E-state index contributed by atoms with van der Waals surface area (Å²) in [4.78, 5) is 6.77. The van der Waals surface area contributed by atoms with Crippen LogP contribution in [0.1, 0.15) is 43.0 Å². The first-order chi connectivity index (χ1) is 12.8. The SMILES string of the molecule is Cc1ccc2c(c1)Oc1ncccc1N2c1c(C)cc(C(C)(C)C)cc1C. The van der Waals surface area contributed by atoms with Gasteiger partial charge in [0, 0.05) is 6.20 Å². The highest BCUT2D eigenvalue weighted by molar-refractivity contribution is 5.87. The molecule has 0 radical (unpaired) electrons. The molecule has 0 amide bonds. The fourth-order valence-electron chi connectivity index (χ4n) is 3.74. The summed E-state index contributed by atoms with van der Waals surface area (Å²) in [5.74, 6) is 1.49. The number of nitrogens with zero attached hydrogens (tertiary/aromatic N) is 2. The molecule has 4 rings (SSSR count). The summed E-state index contributed by atoms with van der Waals surface area (Å²) >= 11 is 0. The second-order valence-electron chi connectivity index (χ2n) is 8.44. The van der Waals surface area contributed by atoms with Crippen molar-refractivity contribution < 1.29 is 4.74 Å². The molecule has 138 valence electrons. The second-order valence-corrected chi connectivity index (χ2v) is 8.44. The Morgan fingerprint density at radius 2 is 1.59 bits per heavy atom. The van der Waals surface area contributed by atoms with Crippen LogP contribution in [0.4, 0.5) is 17.1 Å². The van der Waals surface area contributed by atoms with Gasteiger partial charge in [0.05, 0.1) is 11.4 Å². The lowest BCUT2D eigenvalue weighted by molar-refractivity contribution is 0.457. The minimum Gasteiger partial charge on any atom is -0.435 e. The molecule has 0 saturated heterocycles. The minimum atomic E-state index is 0.119. The molecule has 0 fully saturated rings. The minimum absolute atomic E-state index is 0.119. The molecule has 1 aliphatic heterocycles. The van der Waals surface area contributed by atoms with Crippen LogP contribution in [0.2, 0.25) is 0 Å². The van der Waals surface area contributed by atoms with Gasteiger partial charge in [-0.25, -0.2) is 4.98 Å². The van der Waals surface area contributed by atoms with E-state index < -0.39 is 0 Å². The fourth-order valence-corrected chi connectivity index (χ4v) is 3.74. The van der Waals surface area contributed by atoms with E-state index in [0.717, 1.165) is 17.1 Å². The van der Waals surface area contributed by atoms with Gasteiger partial charge in [0.1, 0.15) is 5.69 Å². The number of hydrogen-bond donors (Lipinski definition) is 0. The third-order valence-electron chi connectivity index (χ3n) is 5.14. The molecule has 0 atom stereocenters. The summed E-state index contributed by atoms with van der Waals surface area (Å²) < 4.78 is 6.11. The molecule has 3 nitrogen and oxygen atoms in total. The quantitative estimate of drug-likeness (QED) is 0.371. The van der Waals surface area contributed by atoms with Gasteiger partial charge in [-0.2, -0.15) is 0 Å². The molecule has 0 N–H and O–H groups in total. The van der Waals surface area contributed by atoms with Gasteiger partial charge < -0.3 is 9.64 Å². The lowest BCUT2D eigenvalue weighted by Crippen LogP contribution is -2.19. The van der Waals surface area contributed by atoms with E-state index in [1.54, 1.807) is 6.20 Å². The van der Waals surface area contributed by atoms with Gasteiger partial charge in [0.15, 0.2) is 5.75 Å². The van der Waals surface area contributed by atoms with E-state index in [1.165, 1.54) is 27.9 Å². The van der Waals surface area contributed by atoms with E-state index in [4.69, 9.17) is 4.74 Å². The normalized spacial score (nSPS) is 13.0. The van der Waals surface area contributed by atoms with Crippen LogP contribution in [0.5, 0.6) is 11.6 Å². The highest BCUT2D eigenvalue weighted by Crippen LogP contribution is 2.51. The van der Waals surface area contributed by atoms with Gasteiger partial charge in [-0.3, -0.25) is 0 Å². The Bertz CT molecular complexity index is 1010. The van der Waals surface area contributed by atoms with E-state index in [0.29, 0.717) is 5.88 Å². The Hall–Kier alpha value is -2.81. The molecule has 1 aromatic heterocycles. The third-order valence-corrected chi connectivity index (χ3v) is 5.14. The molecule has 2 heterocycles. The lowest BCUT2D eigenvalue weighted by Gasteiger charge is -2.35. The van der Waals surface area contributed by atoms with Crippen molar-refractivity contribution in [1.29, 1.82) is 0 Å². The molecule has 27 heavy (non-hydrogen) atoms. The lowest BCUT2D eigenvalue weighted by atomic mass is 9.84. The van der Waals surface area contributed by atoms with Crippen molar-refractivity contribution >= 4 is 17.1 Å². The van der Waals surface area contributed by atoms with Gasteiger partial charge in [-0.1, -0.05) is 39.0 Å². The standard InChI is InChI=1S/C24H26N2O/c1-15-9-10-19-21(12-15)27-23-20(8-7-11-25-23)26(19)22-16(2)13-18(14-17(22)3)24(4,5)6/h7-14H,1-6H3. The number of ether oxygens (including phenoxy) is 1. The van der Waals surface area contributed by atoms with Gasteiger partial charge in [-0.05, 0) is 72.7 Å². The van der Waals surface area contributed by atoms with E-state index in [9.17, 15) is 0 Å². The highest BCUT2D eigenvalue weighted by atomic mass is 16.5. The molecule has 1 aliphatic rings. The van der Waals surface area contributed by atoms with Crippen molar-refractivity contribution in [1.82, 2.24) is 4.98 Å². The zero-order valence-corrected chi connectivity index (χ0v) is 16.9. The number of hydrogen-bond acceptors (Lipinski definition) is 3. The summed E-state index contributed by atoms with van der Waals surface area (Å²) in [6.45, 7) is 13.2. The molecular weight excluding hydrogens is 332 g/mol. The monoisotopic (exact) mass is 358 g/mol. The Balaban J connectivity index is 1.97. The van der Waals surface area contributed by atoms with Gasteiger partial charge >= 0.3 is 0 Å². The van der Waals surface area contributed by atoms with Crippen LogP contribution in [0.3, 0.4) is 0 Å². The number of benzene rings is 2. The third kappa shape index (κ3) is 2.97. The first kappa shape index (κ1) is 17.6. The summed E-state index contributed by atoms with van der Waals surface area (Å²) in [5, 5.41) is 0. The molecule has 0 spiro atoms. The van der Waals surface area contributed by atoms with Gasteiger partial charge in [0.25, 0.3) is 0 Å². The summed E-state index contributed by atoms with van der Waals surface area (Å²) in [7, 11) is 0. The maximum absolute atomic E-state index is 6.11. The smallest absolute Gasteiger partial charge is 0.243 e. The van der Waals surface area contributed by atoms with E-state index >= 15 is 0 Å². The van der Waals surface area contributed by atoms with Crippen molar-refractivity contribution in [3.63, 3.8) is 0 Å². The van der Waals surface area contributed by atoms with E-state index in [-0.39, 0.29) is 5.41 Å². The number of anilines is 3. The predicted molar refractivity (Wildman–Crippen MR) is 112 cm³/mol. The average Bonchev–Trinajstić information content (AvgIpc) is 2.59. The van der Waals surface area contributed by atoms with E-state index in [2.05, 4.69) is 87.8 Å². The molecule has 3 heteroatoms. The largest absolute Gasteiger partial charge is 0.435 e. The van der Waals surface area contributed by atoms with Crippen molar-refractivity contribution in [2.24, 2.45) is 0 Å². The second kappa shape index (κ2) is 6.12. The van der Waals surface area contributed by atoms with Crippen LogP contribution >= 0.6 is 0 Å². The molecule has 3 aromatic rings. The average molecular weight is 358 g/mol. The number of rotatable bonds is 1. The zero-order chi connectivity index (χ0) is 19.3. The topological polar surface area (TPSA) is 25.4 Å². The van der Waals surface area contributed by atoms with Crippen LogP contribution in [0, 0.1) is 20.8 Å². The molecule has 0 unspecified atom stereocenters. The van der Waals surface area contributed by atoms with Gasteiger partial charge in [0.2, 0.25) is 5.88 Å². The van der Waals surface area contributed by atoms with Crippen molar-refractivity contribution in [2.45, 2.75) is 47.0 Å². The summed E-state index contributed by atoms with van der Waals surface area (Å²) in [5.41, 5.74) is 8.37. The Labute approximate surface area is 161 Å². The predicted octanol–water partition coefficient (Wildman–Crippen LogP) is 6.88. The van der Waals surface area contributed by atoms with Crippen molar-refractivity contribution in [2.75, 3.05) is 4.90 Å². The Kier molecular flexibility index (Phi) is 3.99. The molecular formula is C24H26N2O. The Morgan fingerprint density at radius 3 is 2.26 bits per heavy atom. The molecule has 0 aliphatic carbocycles. The van der Waals surface area contributed by atoms with Crippen LogP contribution in [-0.4, -0.2) is 4.98 Å². The number of aryl methyl sites for hydroxylation is 3. The highest BCUT2D eigenvalue weighted by Gasteiger charge is 2.29. The first-order valence-electron chi connectivity index (χ1n) is 9.41. The molecule has 2 aromatic carbocycles. The van der Waals surface area contributed by atoms with Crippen molar-refractivity contribution in [3.05, 3.63) is 70.9 Å². The molecule has 0 bridgehead atoms. The van der Waals surface area contributed by atoms with Crippen LogP contribution < -0.4 is 9.64 Å².